The van der Waals surface area contributed by atoms with Crippen LogP contribution >= 0.6 is 0 Å². The van der Waals surface area contributed by atoms with Crippen LogP contribution in [0.2, 0.25) is 0 Å². The van der Waals surface area contributed by atoms with Crippen LogP contribution < -0.4 is 10.6 Å². The molecule has 0 saturated heterocycles. The van der Waals surface area contributed by atoms with Crippen LogP contribution in [0.4, 0.5) is 0 Å². The van der Waals surface area contributed by atoms with Gasteiger partial charge in [0.05, 0.1) is 6.17 Å². The Bertz CT molecular complexity index is 151. The topological polar surface area (TPSA) is 24.1 Å². The first-order valence-corrected chi connectivity index (χ1v) is 6.74. The first-order valence-electron chi connectivity index (χ1n) is 6.74. The molecule has 1 atom stereocenters. The summed E-state index contributed by atoms with van der Waals surface area (Å²) >= 11 is 0. The Balaban J connectivity index is 2.28. The van der Waals surface area contributed by atoms with Gasteiger partial charge in [-0.3, -0.25) is 10.6 Å². The fourth-order valence-corrected chi connectivity index (χ4v) is 2.46. The van der Waals surface area contributed by atoms with Gasteiger partial charge in [-0.1, -0.05) is 32.6 Å². The molecule has 1 fully saturated rings. The van der Waals surface area contributed by atoms with Crippen molar-refractivity contribution in [3.63, 3.8) is 0 Å². The highest BCUT2D eigenvalue weighted by molar-refractivity contribution is 4.77. The van der Waals surface area contributed by atoms with E-state index in [9.17, 15) is 0 Å². The molecule has 1 aliphatic carbocycles. The lowest BCUT2D eigenvalue weighted by atomic mass is 9.95. The van der Waals surface area contributed by atoms with Crippen molar-refractivity contribution >= 4 is 0 Å². The third-order valence-corrected chi connectivity index (χ3v) is 3.15. The molecule has 0 bridgehead atoms. The molecule has 1 aliphatic rings. The molecule has 0 spiro atoms. The highest BCUT2D eigenvalue weighted by Crippen LogP contribution is 2.18. The number of hydrogen-bond acceptors (Lipinski definition) is 2. The van der Waals surface area contributed by atoms with Crippen molar-refractivity contribution in [3.05, 3.63) is 0 Å². The average molecular weight is 212 g/mol. The summed E-state index contributed by atoms with van der Waals surface area (Å²) in [6, 6.07) is 1.35. The van der Waals surface area contributed by atoms with Crippen LogP contribution in [0.25, 0.3) is 0 Å². The van der Waals surface area contributed by atoms with E-state index < -0.39 is 0 Å². The molecule has 0 aromatic carbocycles. The van der Waals surface area contributed by atoms with Crippen molar-refractivity contribution in [2.45, 2.75) is 84.0 Å². The molecule has 1 unspecified atom stereocenters. The first-order chi connectivity index (χ1) is 7.22. The van der Waals surface area contributed by atoms with Gasteiger partial charge in [0.15, 0.2) is 0 Å². The summed E-state index contributed by atoms with van der Waals surface area (Å²) < 4.78 is 0. The van der Waals surface area contributed by atoms with Crippen LogP contribution in [-0.4, -0.2) is 18.2 Å². The second kappa shape index (κ2) is 7.24. The van der Waals surface area contributed by atoms with Crippen molar-refractivity contribution in [1.29, 1.82) is 0 Å². The third-order valence-electron chi connectivity index (χ3n) is 3.15. The summed E-state index contributed by atoms with van der Waals surface area (Å²) in [6.07, 6.45) is 10.0. The summed E-state index contributed by atoms with van der Waals surface area (Å²) in [4.78, 5) is 0. The smallest absolute Gasteiger partial charge is 0.0575 e. The highest BCUT2D eigenvalue weighted by atomic mass is 15.1. The monoisotopic (exact) mass is 212 g/mol. The lowest BCUT2D eigenvalue weighted by Crippen LogP contribution is -2.50. The molecule has 2 nitrogen and oxygen atoms in total. The zero-order valence-electron chi connectivity index (χ0n) is 10.7. The Morgan fingerprint density at radius 1 is 1.13 bits per heavy atom. The first kappa shape index (κ1) is 13.0. The second-order valence-electron chi connectivity index (χ2n) is 5.16. The second-order valence-corrected chi connectivity index (χ2v) is 5.16. The van der Waals surface area contributed by atoms with E-state index in [1.807, 2.05) is 0 Å². The van der Waals surface area contributed by atoms with E-state index in [0.717, 1.165) is 6.04 Å². The van der Waals surface area contributed by atoms with Gasteiger partial charge in [0.25, 0.3) is 0 Å². The molecular weight excluding hydrogens is 184 g/mol. The largest absolute Gasteiger partial charge is 0.300 e. The molecular formula is C13H28N2. The molecule has 0 aliphatic heterocycles. The van der Waals surface area contributed by atoms with Crippen LogP contribution in [-0.2, 0) is 0 Å². The molecule has 0 aromatic heterocycles. The van der Waals surface area contributed by atoms with Gasteiger partial charge in [-0.05, 0) is 33.1 Å². The van der Waals surface area contributed by atoms with E-state index >= 15 is 0 Å². The van der Waals surface area contributed by atoms with E-state index in [4.69, 9.17) is 0 Å². The fourth-order valence-electron chi connectivity index (χ4n) is 2.46. The molecule has 15 heavy (non-hydrogen) atoms. The Labute approximate surface area is 95.2 Å². The standard InChI is InChI=1S/C13H28N2/c1-4-8-13(14-11(2)3)15-12-9-6-5-7-10-12/h11-15H,4-10H2,1-3H3. The van der Waals surface area contributed by atoms with Crippen LogP contribution in [0, 0.1) is 0 Å². The minimum atomic E-state index is 0.526. The Hall–Kier alpha value is -0.0800. The minimum absolute atomic E-state index is 0.526. The summed E-state index contributed by atoms with van der Waals surface area (Å²) in [5.74, 6) is 0. The molecule has 0 radical (unpaired) electrons. The van der Waals surface area contributed by atoms with Crippen LogP contribution in [0.1, 0.15) is 65.7 Å². The highest BCUT2D eigenvalue weighted by Gasteiger charge is 2.17. The van der Waals surface area contributed by atoms with Crippen molar-refractivity contribution in [2.75, 3.05) is 0 Å². The van der Waals surface area contributed by atoms with Crippen LogP contribution in [0.15, 0.2) is 0 Å². The normalized spacial score (nSPS) is 20.8. The summed E-state index contributed by atoms with van der Waals surface area (Å²) in [5.41, 5.74) is 0. The van der Waals surface area contributed by atoms with E-state index in [1.54, 1.807) is 0 Å². The predicted octanol–water partition coefficient (Wildman–Crippen LogP) is 3.03. The Morgan fingerprint density at radius 3 is 2.33 bits per heavy atom. The van der Waals surface area contributed by atoms with Gasteiger partial charge in [-0.2, -0.15) is 0 Å². The molecule has 0 heterocycles. The maximum absolute atomic E-state index is 3.78. The number of hydrogen-bond donors (Lipinski definition) is 2. The summed E-state index contributed by atoms with van der Waals surface area (Å²) in [5, 5.41) is 7.39. The van der Waals surface area contributed by atoms with Gasteiger partial charge < -0.3 is 0 Å². The van der Waals surface area contributed by atoms with Crippen molar-refractivity contribution < 1.29 is 0 Å². The SMILES string of the molecule is CCCC(NC(C)C)NC1CCCCC1. The van der Waals surface area contributed by atoms with Crippen molar-refractivity contribution in [1.82, 2.24) is 10.6 Å². The maximum Gasteiger partial charge on any atom is 0.0575 e. The van der Waals surface area contributed by atoms with Gasteiger partial charge in [0.2, 0.25) is 0 Å². The molecule has 2 N–H and O–H groups in total. The predicted molar refractivity (Wildman–Crippen MR) is 67.0 cm³/mol. The van der Waals surface area contributed by atoms with Gasteiger partial charge in [0, 0.05) is 12.1 Å². The van der Waals surface area contributed by atoms with Crippen molar-refractivity contribution in [3.8, 4) is 0 Å². The van der Waals surface area contributed by atoms with Gasteiger partial charge >= 0.3 is 0 Å². The third kappa shape index (κ3) is 5.53. The van der Waals surface area contributed by atoms with Gasteiger partial charge in [-0.15, -0.1) is 0 Å². The van der Waals surface area contributed by atoms with E-state index in [-0.39, 0.29) is 0 Å². The maximum atomic E-state index is 3.78. The summed E-state index contributed by atoms with van der Waals surface area (Å²) in [7, 11) is 0. The minimum Gasteiger partial charge on any atom is -0.300 e. The lowest BCUT2D eigenvalue weighted by Gasteiger charge is -2.30. The Morgan fingerprint density at radius 2 is 1.80 bits per heavy atom. The number of nitrogens with one attached hydrogen (secondary N) is 2. The van der Waals surface area contributed by atoms with Gasteiger partial charge in [0.1, 0.15) is 0 Å². The number of rotatable bonds is 6. The molecule has 90 valence electrons. The molecule has 0 amide bonds. The van der Waals surface area contributed by atoms with Gasteiger partial charge in [-0.25, -0.2) is 0 Å². The van der Waals surface area contributed by atoms with E-state index in [0.29, 0.717) is 12.2 Å². The fraction of sp³-hybridized carbons (Fsp3) is 1.00. The van der Waals surface area contributed by atoms with E-state index in [1.165, 1.54) is 44.9 Å². The molecule has 0 aromatic rings. The zero-order valence-corrected chi connectivity index (χ0v) is 10.7. The Kier molecular flexibility index (Phi) is 6.26. The van der Waals surface area contributed by atoms with E-state index in [2.05, 4.69) is 31.4 Å². The lowest BCUT2D eigenvalue weighted by molar-refractivity contribution is 0.285. The molecule has 1 rings (SSSR count). The quantitative estimate of drug-likeness (QED) is 0.661. The average Bonchev–Trinajstić information content (AvgIpc) is 2.18. The summed E-state index contributed by atoms with van der Waals surface area (Å²) in [6.45, 7) is 6.72. The van der Waals surface area contributed by atoms with Crippen LogP contribution in [0.3, 0.4) is 0 Å². The van der Waals surface area contributed by atoms with Crippen LogP contribution in [0.5, 0.6) is 0 Å². The zero-order chi connectivity index (χ0) is 11.1. The van der Waals surface area contributed by atoms with Crippen molar-refractivity contribution in [2.24, 2.45) is 0 Å². The molecule has 1 saturated carbocycles. The molecule has 2 heteroatoms.